The molecule has 0 aliphatic heterocycles. The summed E-state index contributed by atoms with van der Waals surface area (Å²) in [6, 6.07) is 7.41. The molecule has 0 radical (unpaired) electrons. The minimum absolute atomic E-state index is 0.0972. The van der Waals surface area contributed by atoms with Gasteiger partial charge in [0.25, 0.3) is 15.9 Å². The number of carbonyl (C=O) groups is 1. The molecule has 0 aromatic heterocycles. The van der Waals surface area contributed by atoms with Gasteiger partial charge in [-0.1, -0.05) is 17.7 Å². The number of benzene rings is 2. The zero-order valence-corrected chi connectivity index (χ0v) is 14.3. The SMILES string of the molecule is O=C(NCC(F)(F)F)c1cccc(S(=O)(=O)Nc2ccc(F)cc2Cl)c1. The summed E-state index contributed by atoms with van der Waals surface area (Å²) in [6.45, 7) is -1.55. The van der Waals surface area contributed by atoms with Crippen LogP contribution >= 0.6 is 11.6 Å². The summed E-state index contributed by atoms with van der Waals surface area (Å²) < 4.78 is 76.3. The Bertz CT molecular complexity index is 933. The monoisotopic (exact) mass is 410 g/mol. The van der Waals surface area contributed by atoms with Gasteiger partial charge < -0.3 is 5.32 Å². The van der Waals surface area contributed by atoms with E-state index >= 15 is 0 Å². The van der Waals surface area contributed by atoms with Crippen LogP contribution in [0.2, 0.25) is 5.02 Å². The lowest BCUT2D eigenvalue weighted by atomic mass is 10.2. The molecule has 5 nitrogen and oxygen atoms in total. The van der Waals surface area contributed by atoms with E-state index in [-0.39, 0.29) is 21.2 Å². The van der Waals surface area contributed by atoms with Crippen LogP contribution in [0.15, 0.2) is 47.4 Å². The first kappa shape index (κ1) is 20.0. The second-order valence-electron chi connectivity index (χ2n) is 5.06. The summed E-state index contributed by atoms with van der Waals surface area (Å²) in [5.41, 5.74) is -0.373. The Hall–Kier alpha value is -2.33. The molecule has 0 spiro atoms. The lowest BCUT2D eigenvalue weighted by Gasteiger charge is -2.11. The number of alkyl halides is 3. The Balaban J connectivity index is 2.23. The maximum absolute atomic E-state index is 13.0. The van der Waals surface area contributed by atoms with E-state index < -0.39 is 34.5 Å². The standard InChI is InChI=1S/C15H11ClF4N2O3S/c16-12-7-10(17)4-5-13(12)22-26(24,25)11-3-1-2-9(6-11)14(23)21-8-15(18,19)20/h1-7,22H,8H2,(H,21,23). The number of sulfonamides is 1. The number of hydrogen-bond donors (Lipinski definition) is 2. The average Bonchev–Trinajstić information content (AvgIpc) is 2.54. The highest BCUT2D eigenvalue weighted by atomic mass is 35.5. The summed E-state index contributed by atoms with van der Waals surface area (Å²) >= 11 is 5.75. The molecule has 2 N–H and O–H groups in total. The lowest BCUT2D eigenvalue weighted by molar-refractivity contribution is -0.123. The van der Waals surface area contributed by atoms with Crippen LogP contribution in [-0.4, -0.2) is 27.0 Å². The molecule has 0 saturated carbocycles. The maximum atomic E-state index is 13.0. The normalized spacial score (nSPS) is 11.9. The van der Waals surface area contributed by atoms with E-state index in [1.807, 2.05) is 0 Å². The van der Waals surface area contributed by atoms with E-state index in [1.54, 1.807) is 5.32 Å². The molecule has 1 amide bonds. The van der Waals surface area contributed by atoms with E-state index in [0.717, 1.165) is 36.4 Å². The minimum Gasteiger partial charge on any atom is -0.343 e. The summed E-state index contributed by atoms with van der Waals surface area (Å²) in [7, 11) is -4.21. The van der Waals surface area contributed by atoms with Crippen molar-refractivity contribution in [2.24, 2.45) is 0 Å². The Morgan fingerprint density at radius 2 is 1.81 bits per heavy atom. The number of anilines is 1. The average molecular weight is 411 g/mol. The van der Waals surface area contributed by atoms with E-state index in [2.05, 4.69) is 4.72 Å². The maximum Gasteiger partial charge on any atom is 0.405 e. The number of amides is 1. The van der Waals surface area contributed by atoms with Crippen molar-refractivity contribution in [3.8, 4) is 0 Å². The number of nitrogens with one attached hydrogen (secondary N) is 2. The van der Waals surface area contributed by atoms with E-state index in [0.29, 0.717) is 0 Å². The number of rotatable bonds is 5. The van der Waals surface area contributed by atoms with Gasteiger partial charge in [0.1, 0.15) is 12.4 Å². The van der Waals surface area contributed by atoms with Gasteiger partial charge in [0.05, 0.1) is 15.6 Å². The van der Waals surface area contributed by atoms with Crippen molar-refractivity contribution in [2.75, 3.05) is 11.3 Å². The van der Waals surface area contributed by atoms with Crippen LogP contribution in [0.1, 0.15) is 10.4 Å². The third kappa shape index (κ3) is 5.33. The Kier molecular flexibility index (Phi) is 5.77. The number of carbonyl (C=O) groups excluding carboxylic acids is 1. The highest BCUT2D eigenvalue weighted by molar-refractivity contribution is 7.92. The molecule has 0 bridgehead atoms. The van der Waals surface area contributed by atoms with E-state index in [4.69, 9.17) is 11.6 Å². The summed E-state index contributed by atoms with van der Waals surface area (Å²) in [5.74, 6) is -1.75. The van der Waals surface area contributed by atoms with E-state index in [1.165, 1.54) is 6.07 Å². The first-order valence-electron chi connectivity index (χ1n) is 6.91. The van der Waals surface area contributed by atoms with Crippen LogP contribution in [0.3, 0.4) is 0 Å². The molecular weight excluding hydrogens is 400 g/mol. The molecule has 2 aromatic carbocycles. The van der Waals surface area contributed by atoms with Crippen molar-refractivity contribution < 1.29 is 30.8 Å². The summed E-state index contributed by atoms with van der Waals surface area (Å²) in [5, 5.41) is 1.45. The predicted octanol–water partition coefficient (Wildman–Crippen LogP) is 3.57. The van der Waals surface area contributed by atoms with Crippen LogP contribution in [0.4, 0.5) is 23.2 Å². The molecule has 0 unspecified atom stereocenters. The van der Waals surface area contributed by atoms with Gasteiger partial charge in [-0.25, -0.2) is 12.8 Å². The molecule has 2 rings (SSSR count). The van der Waals surface area contributed by atoms with Crippen LogP contribution in [0.25, 0.3) is 0 Å². The van der Waals surface area contributed by atoms with Crippen LogP contribution in [0, 0.1) is 5.82 Å². The molecular formula is C15H11ClF4N2O3S. The molecule has 0 fully saturated rings. The molecule has 26 heavy (non-hydrogen) atoms. The number of halogens is 5. The molecule has 11 heteroatoms. The van der Waals surface area contributed by atoms with Gasteiger partial charge >= 0.3 is 6.18 Å². The first-order chi connectivity index (χ1) is 12.0. The molecule has 140 valence electrons. The molecule has 0 heterocycles. The molecule has 0 saturated heterocycles. The Morgan fingerprint density at radius 3 is 2.42 bits per heavy atom. The first-order valence-corrected chi connectivity index (χ1v) is 8.77. The largest absolute Gasteiger partial charge is 0.405 e. The third-order valence-corrected chi connectivity index (χ3v) is 4.71. The topological polar surface area (TPSA) is 75.3 Å². The van der Waals surface area contributed by atoms with Crippen LogP contribution < -0.4 is 10.0 Å². The summed E-state index contributed by atoms with van der Waals surface area (Å²) in [6.07, 6.45) is -4.60. The Labute approximate surface area is 151 Å². The van der Waals surface area contributed by atoms with Gasteiger partial charge in [-0.3, -0.25) is 9.52 Å². The molecule has 0 aliphatic carbocycles. The fourth-order valence-corrected chi connectivity index (χ4v) is 3.26. The van der Waals surface area contributed by atoms with Gasteiger partial charge in [-0.2, -0.15) is 13.2 Å². The van der Waals surface area contributed by atoms with Crippen LogP contribution in [-0.2, 0) is 10.0 Å². The number of hydrogen-bond acceptors (Lipinski definition) is 3. The molecule has 2 aromatic rings. The van der Waals surface area contributed by atoms with Gasteiger partial charge in [0, 0.05) is 5.56 Å². The van der Waals surface area contributed by atoms with Crippen molar-refractivity contribution in [1.29, 1.82) is 0 Å². The lowest BCUT2D eigenvalue weighted by Crippen LogP contribution is -2.33. The van der Waals surface area contributed by atoms with Gasteiger partial charge in [0.15, 0.2) is 0 Å². The van der Waals surface area contributed by atoms with Crippen LogP contribution in [0.5, 0.6) is 0 Å². The van der Waals surface area contributed by atoms with Crippen molar-refractivity contribution in [3.05, 3.63) is 58.9 Å². The highest BCUT2D eigenvalue weighted by Gasteiger charge is 2.28. The predicted molar refractivity (Wildman–Crippen MR) is 87.0 cm³/mol. The zero-order valence-electron chi connectivity index (χ0n) is 12.8. The van der Waals surface area contributed by atoms with Crippen molar-refractivity contribution in [3.63, 3.8) is 0 Å². The molecule has 0 aliphatic rings. The molecule has 0 atom stereocenters. The Morgan fingerprint density at radius 1 is 1.12 bits per heavy atom. The van der Waals surface area contributed by atoms with Crippen molar-refractivity contribution >= 4 is 33.2 Å². The van der Waals surface area contributed by atoms with Gasteiger partial charge in [0.2, 0.25) is 0 Å². The van der Waals surface area contributed by atoms with Gasteiger partial charge in [-0.15, -0.1) is 0 Å². The smallest absolute Gasteiger partial charge is 0.343 e. The van der Waals surface area contributed by atoms with Gasteiger partial charge in [-0.05, 0) is 36.4 Å². The fourth-order valence-electron chi connectivity index (χ4n) is 1.86. The van der Waals surface area contributed by atoms with E-state index in [9.17, 15) is 30.8 Å². The zero-order chi connectivity index (χ0) is 19.5. The van der Waals surface area contributed by atoms with Crippen molar-refractivity contribution in [2.45, 2.75) is 11.1 Å². The summed E-state index contributed by atoms with van der Waals surface area (Å²) in [4.78, 5) is 11.4. The quantitative estimate of drug-likeness (QED) is 0.740. The second kappa shape index (κ2) is 7.50. The third-order valence-electron chi connectivity index (χ3n) is 3.03. The second-order valence-corrected chi connectivity index (χ2v) is 7.14. The fraction of sp³-hybridized carbons (Fsp3) is 0.133. The minimum atomic E-state index is -4.60. The highest BCUT2D eigenvalue weighted by Crippen LogP contribution is 2.25. The van der Waals surface area contributed by atoms with Crippen molar-refractivity contribution in [1.82, 2.24) is 5.32 Å².